The van der Waals surface area contributed by atoms with E-state index in [1.54, 1.807) is 0 Å². The Hall–Kier alpha value is -2.02. The van der Waals surface area contributed by atoms with E-state index in [0.717, 1.165) is 64.2 Å². The summed E-state index contributed by atoms with van der Waals surface area (Å²) in [6, 6.07) is 0. The number of rotatable bonds is 45. The van der Waals surface area contributed by atoms with Crippen LogP contribution in [0.5, 0.6) is 0 Å². The van der Waals surface area contributed by atoms with Crippen molar-refractivity contribution in [2.45, 2.75) is 293 Å². The van der Waals surface area contributed by atoms with E-state index in [-0.39, 0.29) is 26.1 Å². The Kier molecular flexibility index (Phi) is 39.6. The number of aliphatic hydroxyl groups excluding tert-OH is 7. The topological polar surface area (TPSA) is 231 Å². The lowest BCUT2D eigenvalue weighted by Crippen LogP contribution is -2.61. The predicted molar refractivity (Wildman–Crippen MR) is 275 cm³/mol. The summed E-state index contributed by atoms with van der Waals surface area (Å²) in [5.41, 5.74) is 0. The molecule has 0 saturated carbocycles. The molecule has 0 bridgehead atoms. The molecular weight excluding hydrogens is 913 g/mol. The highest BCUT2D eigenvalue weighted by molar-refractivity contribution is 5.70. The molecule has 0 aliphatic carbocycles. The van der Waals surface area contributed by atoms with Gasteiger partial charge in [0.2, 0.25) is 0 Å². The minimum Gasteiger partial charge on any atom is -0.462 e. The molecule has 0 aromatic rings. The maximum atomic E-state index is 13.1. The SMILES string of the molecule is CCCCC/C=C/C/C=C/CCCCCCCC(=O)OC[C@H](CO[C@H]1O[C@@H](CO[C@H]2O[C@@H](CO)[C@@H](O)C(O)C2O)[C@@H](O)C(O)C1O)OC(=O)CCCCCCCCCCCCCCCCCCCCCC. The monoisotopic (exact) mass is 1010 g/mol. The highest BCUT2D eigenvalue weighted by Gasteiger charge is 2.47. The van der Waals surface area contributed by atoms with E-state index in [9.17, 15) is 45.3 Å². The highest BCUT2D eigenvalue weighted by atomic mass is 16.7. The lowest BCUT2D eigenvalue weighted by molar-refractivity contribution is -0.332. The number of hydrogen-bond donors (Lipinski definition) is 7. The van der Waals surface area contributed by atoms with Gasteiger partial charge < -0.3 is 64.2 Å². The first-order valence-corrected chi connectivity index (χ1v) is 28.4. The first-order valence-electron chi connectivity index (χ1n) is 28.4. The predicted octanol–water partition coefficient (Wildman–Crippen LogP) is 9.11. The van der Waals surface area contributed by atoms with Crippen molar-refractivity contribution in [2.24, 2.45) is 0 Å². The quantitative estimate of drug-likeness (QED) is 0.0171. The van der Waals surface area contributed by atoms with Crippen LogP contribution in [-0.2, 0) is 38.0 Å². The van der Waals surface area contributed by atoms with E-state index in [1.165, 1.54) is 122 Å². The smallest absolute Gasteiger partial charge is 0.306 e. The molecule has 2 aliphatic rings. The highest BCUT2D eigenvalue weighted by Crippen LogP contribution is 2.27. The van der Waals surface area contributed by atoms with Gasteiger partial charge in [-0.05, 0) is 44.9 Å². The van der Waals surface area contributed by atoms with Gasteiger partial charge in [0, 0.05) is 12.8 Å². The van der Waals surface area contributed by atoms with Crippen LogP contribution >= 0.6 is 0 Å². The minimum atomic E-state index is -1.76. The fraction of sp³-hybridized carbons (Fsp3) is 0.893. The molecule has 15 nitrogen and oxygen atoms in total. The Morgan fingerprint density at radius 1 is 0.451 bits per heavy atom. The van der Waals surface area contributed by atoms with E-state index >= 15 is 0 Å². The normalized spacial score (nSPS) is 25.3. The Bertz CT molecular complexity index is 1330. The molecule has 0 radical (unpaired) electrons. The molecule has 4 unspecified atom stereocenters. The van der Waals surface area contributed by atoms with E-state index in [0.29, 0.717) is 12.8 Å². The van der Waals surface area contributed by atoms with Crippen molar-refractivity contribution in [3.05, 3.63) is 24.3 Å². The number of ether oxygens (including phenoxy) is 6. The molecule has 2 fully saturated rings. The van der Waals surface area contributed by atoms with Gasteiger partial charge in [0.25, 0.3) is 0 Å². The molecule has 0 aromatic heterocycles. The molecule has 2 saturated heterocycles. The second-order valence-corrected chi connectivity index (χ2v) is 20.1. The van der Waals surface area contributed by atoms with Crippen molar-refractivity contribution < 1.29 is 73.8 Å². The molecule has 0 spiro atoms. The van der Waals surface area contributed by atoms with Gasteiger partial charge in [0.05, 0.1) is 19.8 Å². The molecule has 0 amide bonds. The van der Waals surface area contributed by atoms with E-state index in [1.807, 2.05) is 0 Å². The summed E-state index contributed by atoms with van der Waals surface area (Å²) in [6.45, 7) is 2.59. The minimum absolute atomic E-state index is 0.167. The van der Waals surface area contributed by atoms with Crippen LogP contribution in [0, 0.1) is 0 Å². The summed E-state index contributed by atoms with van der Waals surface area (Å²) in [6.07, 6.45) is 29.1. The van der Waals surface area contributed by atoms with E-state index < -0.39 is 92.7 Å². The standard InChI is InChI=1S/C56H102O15/c1-3-5-7-9-11-13-15-17-19-20-21-22-23-25-27-29-31-33-35-37-39-48(59)69-44(41-66-47(58)38-36-34-32-30-28-26-24-18-16-14-12-10-8-6-4-2)42-67-55-54(65)52(63)50(61)46(71-55)43-68-56-53(64)51(62)49(60)45(40-57)70-56/h12,14,18,24,44-46,49-57,60-65H,3-11,13,15-17,19-23,25-43H2,1-2H3/b14-12+,24-18+/t44-,45+,46+,49-,50-,51?,52?,53?,54?,55+,56+/m1/s1. The Labute approximate surface area is 428 Å². The Morgan fingerprint density at radius 3 is 1.34 bits per heavy atom. The van der Waals surface area contributed by atoms with Gasteiger partial charge in [-0.3, -0.25) is 9.59 Å². The third-order valence-electron chi connectivity index (χ3n) is 13.7. The molecule has 2 aliphatic heterocycles. The lowest BCUT2D eigenvalue weighted by Gasteiger charge is -2.42. The van der Waals surface area contributed by atoms with Crippen LogP contribution < -0.4 is 0 Å². The molecule has 416 valence electrons. The van der Waals surface area contributed by atoms with Crippen LogP contribution in [0.15, 0.2) is 24.3 Å². The van der Waals surface area contributed by atoms with Gasteiger partial charge in [-0.1, -0.05) is 192 Å². The first-order chi connectivity index (χ1) is 34.5. The summed E-state index contributed by atoms with van der Waals surface area (Å²) in [5, 5.41) is 72.2. The average molecular weight is 1020 g/mol. The molecule has 0 aromatic carbocycles. The largest absolute Gasteiger partial charge is 0.462 e. The molecule has 2 rings (SSSR count). The van der Waals surface area contributed by atoms with Crippen molar-refractivity contribution in [1.82, 2.24) is 0 Å². The second-order valence-electron chi connectivity index (χ2n) is 20.1. The van der Waals surface area contributed by atoms with Crippen LogP contribution in [-0.4, -0.2) is 142 Å². The van der Waals surface area contributed by atoms with Crippen LogP contribution in [0.4, 0.5) is 0 Å². The summed E-state index contributed by atoms with van der Waals surface area (Å²) in [7, 11) is 0. The zero-order valence-electron chi connectivity index (χ0n) is 44.2. The molecular formula is C56H102O15. The van der Waals surface area contributed by atoms with Gasteiger partial charge in [-0.15, -0.1) is 0 Å². The zero-order valence-corrected chi connectivity index (χ0v) is 44.2. The van der Waals surface area contributed by atoms with Gasteiger partial charge in [0.1, 0.15) is 55.4 Å². The van der Waals surface area contributed by atoms with E-state index in [4.69, 9.17) is 28.4 Å². The number of unbranched alkanes of at least 4 members (excludes halogenated alkanes) is 27. The van der Waals surface area contributed by atoms with Gasteiger partial charge in [0.15, 0.2) is 18.7 Å². The molecule has 7 N–H and O–H groups in total. The van der Waals surface area contributed by atoms with Crippen LogP contribution in [0.3, 0.4) is 0 Å². The van der Waals surface area contributed by atoms with Crippen LogP contribution in [0.1, 0.15) is 226 Å². The summed E-state index contributed by atoms with van der Waals surface area (Å²) in [4.78, 5) is 25.8. The van der Waals surface area contributed by atoms with Gasteiger partial charge in [-0.2, -0.15) is 0 Å². The van der Waals surface area contributed by atoms with Crippen LogP contribution in [0.25, 0.3) is 0 Å². The third-order valence-corrected chi connectivity index (χ3v) is 13.7. The fourth-order valence-corrected chi connectivity index (χ4v) is 9.01. The van der Waals surface area contributed by atoms with Crippen molar-refractivity contribution in [3.63, 3.8) is 0 Å². The van der Waals surface area contributed by atoms with Gasteiger partial charge in [-0.25, -0.2) is 0 Å². The second kappa shape index (κ2) is 43.2. The molecule has 11 atom stereocenters. The summed E-state index contributed by atoms with van der Waals surface area (Å²) < 4.78 is 33.7. The number of allylic oxidation sites excluding steroid dienone is 4. The van der Waals surface area contributed by atoms with Crippen molar-refractivity contribution >= 4 is 11.9 Å². The maximum Gasteiger partial charge on any atom is 0.306 e. The molecule has 2 heterocycles. The van der Waals surface area contributed by atoms with Crippen LogP contribution in [0.2, 0.25) is 0 Å². The van der Waals surface area contributed by atoms with Crippen molar-refractivity contribution in [1.29, 1.82) is 0 Å². The summed E-state index contributed by atoms with van der Waals surface area (Å²) in [5.74, 6) is -0.930. The first kappa shape index (κ1) is 65.1. The number of hydrogen-bond acceptors (Lipinski definition) is 15. The average Bonchev–Trinajstić information content (AvgIpc) is 3.36. The maximum absolute atomic E-state index is 13.1. The fourth-order valence-electron chi connectivity index (χ4n) is 9.01. The Morgan fingerprint density at radius 2 is 0.845 bits per heavy atom. The van der Waals surface area contributed by atoms with Crippen molar-refractivity contribution in [2.75, 3.05) is 26.4 Å². The zero-order chi connectivity index (χ0) is 51.7. The van der Waals surface area contributed by atoms with E-state index in [2.05, 4.69) is 38.2 Å². The number of esters is 2. The summed E-state index contributed by atoms with van der Waals surface area (Å²) >= 11 is 0. The number of aliphatic hydroxyl groups is 7. The Balaban J connectivity index is 1.76. The van der Waals surface area contributed by atoms with Gasteiger partial charge >= 0.3 is 11.9 Å². The molecule has 15 heteroatoms. The lowest BCUT2D eigenvalue weighted by atomic mass is 9.98. The number of carbonyl (C=O) groups is 2. The molecule has 71 heavy (non-hydrogen) atoms. The third kappa shape index (κ3) is 30.8. The number of carbonyl (C=O) groups excluding carboxylic acids is 2. The van der Waals surface area contributed by atoms with Crippen molar-refractivity contribution in [3.8, 4) is 0 Å².